The van der Waals surface area contributed by atoms with Gasteiger partial charge < -0.3 is 10.0 Å². The third-order valence-corrected chi connectivity index (χ3v) is 3.75. The summed E-state index contributed by atoms with van der Waals surface area (Å²) in [6, 6.07) is 0. The first-order chi connectivity index (χ1) is 7.87. The van der Waals surface area contributed by atoms with E-state index < -0.39 is 11.4 Å². The fourth-order valence-electron chi connectivity index (χ4n) is 1.84. The monoisotopic (exact) mass is 243 g/mol. The lowest BCUT2D eigenvalue weighted by Crippen LogP contribution is -2.34. The van der Waals surface area contributed by atoms with Gasteiger partial charge in [0.15, 0.2) is 0 Å². The van der Waals surface area contributed by atoms with Crippen molar-refractivity contribution in [3.8, 4) is 0 Å². The maximum absolute atomic E-state index is 11.0. The average molecular weight is 243 g/mol. The van der Waals surface area contributed by atoms with Crippen LogP contribution in [0.2, 0.25) is 0 Å². The fourth-order valence-corrected chi connectivity index (χ4v) is 1.84. The molecule has 0 aromatic rings. The van der Waals surface area contributed by atoms with E-state index in [9.17, 15) is 4.79 Å². The molecule has 0 saturated carbocycles. The molecule has 0 spiro atoms. The van der Waals surface area contributed by atoms with Gasteiger partial charge in [-0.05, 0) is 39.3 Å². The van der Waals surface area contributed by atoms with Gasteiger partial charge in [-0.1, -0.05) is 33.6 Å². The number of aliphatic carboxylic acids is 1. The number of carboxylic acid groups (broad SMARTS) is 1. The zero-order chi connectivity index (χ0) is 13.5. The number of hydrogen-bond donors (Lipinski definition) is 1. The standard InChI is InChI=1S/C14H29NO2/c1-6-12(7-2)11-15(8-3)10-9-14(4,5)13(16)17/h12H,6-11H2,1-5H3,(H,16,17). The molecule has 0 heterocycles. The van der Waals surface area contributed by atoms with Crippen LogP contribution in [0.3, 0.4) is 0 Å². The average Bonchev–Trinajstić information content (AvgIpc) is 2.29. The third-order valence-electron chi connectivity index (χ3n) is 3.75. The molecule has 0 rings (SSSR count). The molecule has 17 heavy (non-hydrogen) atoms. The maximum atomic E-state index is 11.0. The molecule has 0 saturated heterocycles. The van der Waals surface area contributed by atoms with E-state index in [2.05, 4.69) is 25.7 Å². The molecule has 1 N–H and O–H groups in total. The second-order valence-electron chi connectivity index (χ2n) is 5.51. The SMILES string of the molecule is CCC(CC)CN(CC)CCC(C)(C)C(=O)O. The Kier molecular flexibility index (Phi) is 7.44. The number of carbonyl (C=O) groups is 1. The zero-order valence-corrected chi connectivity index (χ0v) is 12.1. The predicted molar refractivity (Wildman–Crippen MR) is 72.2 cm³/mol. The van der Waals surface area contributed by atoms with Gasteiger partial charge in [0.25, 0.3) is 0 Å². The van der Waals surface area contributed by atoms with Crippen LogP contribution in [0.25, 0.3) is 0 Å². The zero-order valence-electron chi connectivity index (χ0n) is 12.1. The highest BCUT2D eigenvalue weighted by atomic mass is 16.4. The minimum atomic E-state index is -0.698. The van der Waals surface area contributed by atoms with Crippen molar-refractivity contribution in [2.45, 2.75) is 53.9 Å². The minimum absolute atomic E-state index is 0.610. The first kappa shape index (κ1) is 16.4. The Morgan fingerprint density at radius 2 is 1.76 bits per heavy atom. The Labute approximate surface area is 106 Å². The van der Waals surface area contributed by atoms with Crippen LogP contribution in [-0.4, -0.2) is 35.6 Å². The molecule has 0 radical (unpaired) electrons. The van der Waals surface area contributed by atoms with Crippen LogP contribution in [0.5, 0.6) is 0 Å². The summed E-state index contributed by atoms with van der Waals surface area (Å²) in [6.07, 6.45) is 3.13. The number of carboxylic acids is 1. The van der Waals surface area contributed by atoms with Gasteiger partial charge in [-0.25, -0.2) is 0 Å². The summed E-state index contributed by atoms with van der Waals surface area (Å²) in [5.74, 6) is 0.0407. The van der Waals surface area contributed by atoms with Crippen LogP contribution in [0.15, 0.2) is 0 Å². The second kappa shape index (κ2) is 7.70. The van der Waals surface area contributed by atoms with E-state index in [-0.39, 0.29) is 0 Å². The molecule has 0 aromatic carbocycles. The molecule has 0 aliphatic rings. The van der Waals surface area contributed by atoms with Crippen molar-refractivity contribution in [3.05, 3.63) is 0 Å². The van der Waals surface area contributed by atoms with Crippen LogP contribution >= 0.6 is 0 Å². The largest absolute Gasteiger partial charge is 0.481 e. The second-order valence-corrected chi connectivity index (χ2v) is 5.51. The first-order valence-electron chi connectivity index (χ1n) is 6.83. The summed E-state index contributed by atoms with van der Waals surface area (Å²) in [5.41, 5.74) is -0.610. The van der Waals surface area contributed by atoms with Crippen molar-refractivity contribution in [2.24, 2.45) is 11.3 Å². The molecule has 0 aliphatic carbocycles. The summed E-state index contributed by atoms with van der Waals surface area (Å²) in [6.45, 7) is 13.2. The quantitative estimate of drug-likeness (QED) is 0.676. The first-order valence-corrected chi connectivity index (χ1v) is 6.83. The van der Waals surface area contributed by atoms with Crippen molar-refractivity contribution < 1.29 is 9.90 Å². The Balaban J connectivity index is 4.18. The summed E-state index contributed by atoms with van der Waals surface area (Å²) >= 11 is 0. The van der Waals surface area contributed by atoms with Crippen LogP contribution in [0.4, 0.5) is 0 Å². The number of nitrogens with zero attached hydrogens (tertiary/aromatic N) is 1. The highest BCUT2D eigenvalue weighted by Crippen LogP contribution is 2.21. The number of rotatable bonds is 9. The van der Waals surface area contributed by atoms with Gasteiger partial charge in [0.1, 0.15) is 0 Å². The van der Waals surface area contributed by atoms with E-state index >= 15 is 0 Å². The lowest BCUT2D eigenvalue weighted by atomic mass is 9.89. The summed E-state index contributed by atoms with van der Waals surface area (Å²) in [4.78, 5) is 13.4. The molecular weight excluding hydrogens is 214 g/mol. The Hall–Kier alpha value is -0.570. The molecule has 3 heteroatoms. The van der Waals surface area contributed by atoms with Gasteiger partial charge in [0.2, 0.25) is 0 Å². The Morgan fingerprint density at radius 3 is 2.12 bits per heavy atom. The van der Waals surface area contributed by atoms with Crippen molar-refractivity contribution in [2.75, 3.05) is 19.6 Å². The van der Waals surface area contributed by atoms with Crippen LogP contribution in [0, 0.1) is 11.3 Å². The number of hydrogen-bond acceptors (Lipinski definition) is 2. The summed E-state index contributed by atoms with van der Waals surface area (Å²) in [5, 5.41) is 9.08. The predicted octanol–water partition coefficient (Wildman–Crippen LogP) is 3.25. The van der Waals surface area contributed by atoms with Gasteiger partial charge in [-0.2, -0.15) is 0 Å². The van der Waals surface area contributed by atoms with Gasteiger partial charge in [0, 0.05) is 6.54 Å². The van der Waals surface area contributed by atoms with E-state index in [4.69, 9.17) is 5.11 Å². The van der Waals surface area contributed by atoms with E-state index in [1.165, 1.54) is 12.8 Å². The van der Waals surface area contributed by atoms with Crippen molar-refractivity contribution in [1.82, 2.24) is 4.90 Å². The lowest BCUT2D eigenvalue weighted by molar-refractivity contribution is -0.147. The summed E-state index contributed by atoms with van der Waals surface area (Å²) < 4.78 is 0. The summed E-state index contributed by atoms with van der Waals surface area (Å²) in [7, 11) is 0. The normalized spacial score (nSPS) is 12.4. The molecule has 0 amide bonds. The van der Waals surface area contributed by atoms with E-state index in [0.29, 0.717) is 0 Å². The van der Waals surface area contributed by atoms with Gasteiger partial charge in [-0.3, -0.25) is 4.79 Å². The molecule has 0 aromatic heterocycles. The highest BCUT2D eigenvalue weighted by Gasteiger charge is 2.27. The van der Waals surface area contributed by atoms with Gasteiger partial charge in [-0.15, -0.1) is 0 Å². The maximum Gasteiger partial charge on any atom is 0.309 e. The molecule has 0 atom stereocenters. The topological polar surface area (TPSA) is 40.5 Å². The Morgan fingerprint density at radius 1 is 1.24 bits per heavy atom. The molecule has 0 unspecified atom stereocenters. The van der Waals surface area contributed by atoms with Gasteiger partial charge >= 0.3 is 5.97 Å². The Bertz CT molecular complexity index is 222. The fraction of sp³-hybridized carbons (Fsp3) is 0.929. The molecule has 3 nitrogen and oxygen atoms in total. The molecule has 102 valence electrons. The van der Waals surface area contributed by atoms with Crippen molar-refractivity contribution in [1.29, 1.82) is 0 Å². The van der Waals surface area contributed by atoms with E-state index in [0.717, 1.165) is 32.0 Å². The molecule has 0 fully saturated rings. The van der Waals surface area contributed by atoms with Crippen molar-refractivity contribution >= 4 is 5.97 Å². The molecule has 0 aliphatic heterocycles. The van der Waals surface area contributed by atoms with E-state index in [1.807, 2.05) is 0 Å². The highest BCUT2D eigenvalue weighted by molar-refractivity contribution is 5.73. The minimum Gasteiger partial charge on any atom is -0.481 e. The molecular formula is C14H29NO2. The van der Waals surface area contributed by atoms with Crippen LogP contribution < -0.4 is 0 Å². The van der Waals surface area contributed by atoms with Crippen molar-refractivity contribution in [3.63, 3.8) is 0 Å². The third kappa shape index (κ3) is 6.06. The smallest absolute Gasteiger partial charge is 0.309 e. The van der Waals surface area contributed by atoms with Crippen LogP contribution in [-0.2, 0) is 4.79 Å². The van der Waals surface area contributed by atoms with E-state index in [1.54, 1.807) is 13.8 Å². The molecule has 0 bridgehead atoms. The lowest BCUT2D eigenvalue weighted by Gasteiger charge is -2.28. The van der Waals surface area contributed by atoms with Gasteiger partial charge in [0.05, 0.1) is 5.41 Å². The van der Waals surface area contributed by atoms with Crippen LogP contribution in [0.1, 0.15) is 53.9 Å².